The van der Waals surface area contributed by atoms with Gasteiger partial charge in [0.1, 0.15) is 11.6 Å². The van der Waals surface area contributed by atoms with Crippen molar-refractivity contribution in [3.63, 3.8) is 0 Å². The Kier molecular flexibility index (Phi) is 19.2. The molecule has 0 fully saturated rings. The van der Waals surface area contributed by atoms with Gasteiger partial charge < -0.3 is 0 Å². The van der Waals surface area contributed by atoms with Gasteiger partial charge in [-0.25, -0.2) is 0 Å². The van der Waals surface area contributed by atoms with Crippen molar-refractivity contribution in [3.8, 4) is 0 Å². The monoisotopic (exact) mass is 542 g/mol. The molecule has 3 atom stereocenters. The van der Waals surface area contributed by atoms with Gasteiger partial charge in [-0.3, -0.25) is 14.4 Å². The molecule has 0 heterocycles. The number of fused-ring (bicyclic) bond motifs is 1. The van der Waals surface area contributed by atoms with E-state index in [0.29, 0.717) is 18.1 Å². The van der Waals surface area contributed by atoms with Gasteiger partial charge in [-0.05, 0) is 86.0 Å². The molecule has 0 spiro atoms. The van der Waals surface area contributed by atoms with Gasteiger partial charge in [0.2, 0.25) is 0 Å². The van der Waals surface area contributed by atoms with Gasteiger partial charge in [-0.15, -0.1) is 0 Å². The van der Waals surface area contributed by atoms with Crippen LogP contribution in [0.4, 0.5) is 0 Å². The predicted octanol–water partition coefficient (Wildman–Crippen LogP) is 10.4. The zero-order valence-electron chi connectivity index (χ0n) is 27.6. The molecule has 3 heteroatoms. The van der Waals surface area contributed by atoms with Crippen LogP contribution in [-0.4, -0.2) is 17.3 Å². The summed E-state index contributed by atoms with van der Waals surface area (Å²) in [6.07, 6.45) is 11.1. The highest BCUT2D eigenvalue weighted by molar-refractivity contribution is 6.01. The maximum atomic E-state index is 13.5. The summed E-state index contributed by atoms with van der Waals surface area (Å²) in [4.78, 5) is 38.0. The zero-order valence-corrected chi connectivity index (χ0v) is 27.6. The average molecular weight is 543 g/mol. The van der Waals surface area contributed by atoms with Crippen LogP contribution >= 0.6 is 0 Å². The van der Waals surface area contributed by atoms with Crippen LogP contribution in [0.25, 0.3) is 0 Å². The number of ketones is 3. The Hall–Kier alpha value is -1.77. The van der Waals surface area contributed by atoms with E-state index in [0.717, 1.165) is 44.1 Å². The normalized spacial score (nSPS) is 15.9. The van der Waals surface area contributed by atoms with Crippen LogP contribution in [-0.2, 0) is 22.4 Å². The van der Waals surface area contributed by atoms with Gasteiger partial charge in [0, 0.05) is 17.9 Å². The lowest BCUT2D eigenvalue weighted by atomic mass is 9.70. The first-order chi connectivity index (χ1) is 18.6. The first kappa shape index (κ1) is 37.2. The van der Waals surface area contributed by atoms with E-state index in [-0.39, 0.29) is 35.7 Å². The van der Waals surface area contributed by atoms with E-state index in [9.17, 15) is 14.4 Å². The fraction of sp³-hybridized carbons (Fsp3) is 0.750. The van der Waals surface area contributed by atoms with Gasteiger partial charge in [-0.2, -0.15) is 0 Å². The van der Waals surface area contributed by atoms with Crippen molar-refractivity contribution >= 4 is 17.3 Å². The molecule has 0 saturated carbocycles. The van der Waals surface area contributed by atoms with Crippen molar-refractivity contribution in [2.75, 3.05) is 0 Å². The predicted molar refractivity (Wildman–Crippen MR) is 169 cm³/mol. The van der Waals surface area contributed by atoms with Crippen LogP contribution in [0.5, 0.6) is 0 Å². The molecule has 1 aliphatic carbocycles. The van der Waals surface area contributed by atoms with E-state index in [1.807, 2.05) is 13.8 Å². The van der Waals surface area contributed by atoms with Crippen LogP contribution in [0, 0.1) is 24.7 Å². The Bertz CT molecular complexity index is 880. The molecule has 0 saturated heterocycles. The summed E-state index contributed by atoms with van der Waals surface area (Å²) < 4.78 is 0. The molecule has 3 nitrogen and oxygen atoms in total. The summed E-state index contributed by atoms with van der Waals surface area (Å²) in [5.74, 6) is 1.17. The maximum absolute atomic E-state index is 13.5. The molecule has 0 amide bonds. The van der Waals surface area contributed by atoms with Crippen molar-refractivity contribution < 1.29 is 14.4 Å². The molecule has 39 heavy (non-hydrogen) atoms. The molecule has 0 aliphatic heterocycles. The van der Waals surface area contributed by atoms with Gasteiger partial charge >= 0.3 is 0 Å². The Morgan fingerprint density at radius 2 is 1.59 bits per heavy atom. The minimum atomic E-state index is -0.0763. The van der Waals surface area contributed by atoms with Crippen molar-refractivity contribution in [1.29, 1.82) is 0 Å². The lowest BCUT2D eigenvalue weighted by molar-refractivity contribution is -0.129. The number of rotatable bonds is 14. The van der Waals surface area contributed by atoms with E-state index in [4.69, 9.17) is 0 Å². The Morgan fingerprint density at radius 3 is 2.08 bits per heavy atom. The van der Waals surface area contributed by atoms with E-state index in [1.54, 1.807) is 0 Å². The quantitative estimate of drug-likeness (QED) is 0.173. The number of hydrogen-bond donors (Lipinski definition) is 0. The molecular weight excluding hydrogens is 480 g/mol. The SMILES string of the molecule is CC.CCC.CCCCCc1cc(C(C)C)c2c(c1C)C(=O)CC(CC(CCC)C(CC)C(=O)CC(C)=O)C2. The lowest BCUT2D eigenvalue weighted by Gasteiger charge is -2.33. The van der Waals surface area contributed by atoms with E-state index < -0.39 is 0 Å². The second kappa shape index (κ2) is 20.2. The van der Waals surface area contributed by atoms with Gasteiger partial charge in [0.25, 0.3) is 0 Å². The van der Waals surface area contributed by atoms with Crippen molar-refractivity contribution in [1.82, 2.24) is 0 Å². The smallest absolute Gasteiger partial charge is 0.163 e. The molecule has 2 rings (SSSR count). The van der Waals surface area contributed by atoms with Gasteiger partial charge in [-0.1, -0.05) is 100 Å². The summed E-state index contributed by atoms with van der Waals surface area (Å²) >= 11 is 0. The van der Waals surface area contributed by atoms with E-state index in [2.05, 4.69) is 61.5 Å². The maximum Gasteiger partial charge on any atom is 0.163 e. The average Bonchev–Trinajstić information content (AvgIpc) is 2.87. The topological polar surface area (TPSA) is 51.2 Å². The largest absolute Gasteiger partial charge is 0.300 e. The number of carbonyl (C=O) groups is 3. The number of aryl methyl sites for hydroxylation is 1. The second-order valence-electron chi connectivity index (χ2n) is 11.8. The first-order valence-corrected chi connectivity index (χ1v) is 16.3. The number of Topliss-reactive ketones (excluding diaryl/α,β-unsaturated/α-hetero) is 3. The first-order valence-electron chi connectivity index (χ1n) is 16.3. The van der Waals surface area contributed by atoms with Crippen LogP contribution in [0.15, 0.2) is 6.07 Å². The summed E-state index contributed by atoms with van der Waals surface area (Å²) in [7, 11) is 0. The summed E-state index contributed by atoms with van der Waals surface area (Å²) in [5.41, 5.74) is 6.17. The second-order valence-corrected chi connectivity index (χ2v) is 11.8. The van der Waals surface area contributed by atoms with Gasteiger partial charge in [0.05, 0.1) is 6.42 Å². The Balaban J connectivity index is 0.00000269. The summed E-state index contributed by atoms with van der Waals surface area (Å²) in [5, 5.41) is 0. The van der Waals surface area contributed by atoms with E-state index in [1.165, 1.54) is 54.9 Å². The molecule has 1 aliphatic rings. The third kappa shape index (κ3) is 11.7. The third-order valence-corrected chi connectivity index (χ3v) is 7.90. The standard InChI is InChI=1S/C31H48O3.C3H8.C2H6/c1-8-11-12-14-24-19-27(20(4)5)28-17-23(18-30(34)31(28)22(24)7)16-25(13-9-2)26(10-3)29(33)15-21(6)32;1-3-2;1-2/h19-20,23,25-26H,8-18H2,1-7H3;3H2,1-2H3;1-2H3. The number of carbonyl (C=O) groups excluding carboxylic acids is 3. The van der Waals surface area contributed by atoms with Crippen LogP contribution in [0.2, 0.25) is 0 Å². The highest BCUT2D eigenvalue weighted by Crippen LogP contribution is 2.40. The molecule has 3 unspecified atom stereocenters. The number of unbranched alkanes of at least 4 members (excludes halogenated alkanes) is 2. The summed E-state index contributed by atoms with van der Waals surface area (Å²) in [6, 6.07) is 2.39. The minimum absolute atomic E-state index is 0.0443. The third-order valence-electron chi connectivity index (χ3n) is 7.90. The molecular formula is C36H62O3. The molecule has 224 valence electrons. The number of benzene rings is 1. The molecule has 0 aromatic heterocycles. The molecule has 0 radical (unpaired) electrons. The van der Waals surface area contributed by atoms with Crippen LogP contribution in [0.3, 0.4) is 0 Å². The Morgan fingerprint density at radius 1 is 0.974 bits per heavy atom. The fourth-order valence-electron chi connectivity index (χ4n) is 6.23. The molecule has 1 aromatic rings. The molecule has 0 N–H and O–H groups in total. The Labute approximate surface area is 242 Å². The summed E-state index contributed by atoms with van der Waals surface area (Å²) in [6.45, 7) is 22.8. The minimum Gasteiger partial charge on any atom is -0.300 e. The molecule has 0 bridgehead atoms. The van der Waals surface area contributed by atoms with Gasteiger partial charge in [0.15, 0.2) is 5.78 Å². The highest BCUT2D eigenvalue weighted by atomic mass is 16.1. The van der Waals surface area contributed by atoms with Crippen LogP contribution in [0.1, 0.15) is 172 Å². The number of hydrogen-bond acceptors (Lipinski definition) is 3. The van der Waals surface area contributed by atoms with Crippen molar-refractivity contribution in [3.05, 3.63) is 33.9 Å². The van der Waals surface area contributed by atoms with E-state index >= 15 is 0 Å². The molecule has 1 aromatic carbocycles. The zero-order chi connectivity index (χ0) is 30.1. The lowest BCUT2D eigenvalue weighted by Crippen LogP contribution is -2.30. The van der Waals surface area contributed by atoms with Crippen LogP contribution < -0.4 is 0 Å². The van der Waals surface area contributed by atoms with Crippen molar-refractivity contribution in [2.45, 2.75) is 159 Å². The fourth-order valence-corrected chi connectivity index (χ4v) is 6.23. The van der Waals surface area contributed by atoms with Crippen molar-refractivity contribution in [2.24, 2.45) is 17.8 Å². The highest BCUT2D eigenvalue weighted by Gasteiger charge is 2.34.